The molecule has 144 valence electrons. The first-order valence-electron chi connectivity index (χ1n) is 9.27. The van der Waals surface area contributed by atoms with Crippen molar-refractivity contribution in [3.63, 3.8) is 0 Å². The zero-order chi connectivity index (χ0) is 19.4. The molecule has 1 aliphatic heterocycles. The van der Waals surface area contributed by atoms with Crippen LogP contribution in [0, 0.1) is 13.8 Å². The average molecular weight is 369 g/mol. The van der Waals surface area contributed by atoms with Crippen LogP contribution in [0.25, 0.3) is 0 Å². The van der Waals surface area contributed by atoms with Gasteiger partial charge in [-0.2, -0.15) is 5.10 Å². The van der Waals surface area contributed by atoms with E-state index < -0.39 is 0 Å². The summed E-state index contributed by atoms with van der Waals surface area (Å²) >= 11 is 0. The van der Waals surface area contributed by atoms with Crippen LogP contribution in [-0.4, -0.2) is 64.1 Å². The van der Waals surface area contributed by atoms with Gasteiger partial charge in [0, 0.05) is 39.8 Å². The lowest BCUT2D eigenvalue weighted by atomic mass is 10.1. The van der Waals surface area contributed by atoms with Gasteiger partial charge in [-0.15, -0.1) is 0 Å². The first kappa shape index (κ1) is 19.1. The Morgan fingerprint density at radius 1 is 1.07 bits per heavy atom. The summed E-state index contributed by atoms with van der Waals surface area (Å²) in [7, 11) is 1.72. The van der Waals surface area contributed by atoms with Crippen molar-refractivity contribution in [2.24, 2.45) is 7.05 Å². The first-order valence-corrected chi connectivity index (χ1v) is 9.27. The zero-order valence-corrected chi connectivity index (χ0v) is 16.2. The van der Waals surface area contributed by atoms with Gasteiger partial charge in [-0.25, -0.2) is 0 Å². The number of nitrogens with zero attached hydrogens (tertiary/aromatic N) is 4. The lowest BCUT2D eigenvalue weighted by molar-refractivity contribution is -0.131. The highest BCUT2D eigenvalue weighted by Gasteiger charge is 2.22. The number of amides is 2. The van der Waals surface area contributed by atoms with Crippen LogP contribution in [0.1, 0.15) is 27.3 Å². The number of nitrogens with one attached hydrogen (secondary N) is 1. The summed E-state index contributed by atoms with van der Waals surface area (Å²) < 4.78 is 1.53. The van der Waals surface area contributed by atoms with E-state index in [4.69, 9.17) is 0 Å². The Balaban J connectivity index is 1.43. The summed E-state index contributed by atoms with van der Waals surface area (Å²) in [5.74, 6) is -0.318. The van der Waals surface area contributed by atoms with Crippen molar-refractivity contribution in [1.29, 1.82) is 0 Å². The maximum atomic E-state index is 12.4. The van der Waals surface area contributed by atoms with Crippen LogP contribution in [-0.2, 0) is 18.4 Å². The SMILES string of the molecule is Cc1ccc(CN2CCN(C(=O)CNC(=O)c3cc(C)nn3C)CC2)cc1. The van der Waals surface area contributed by atoms with Gasteiger partial charge >= 0.3 is 0 Å². The molecule has 1 aliphatic rings. The second-order valence-electron chi connectivity index (χ2n) is 7.12. The molecule has 2 amide bonds. The summed E-state index contributed by atoms with van der Waals surface area (Å²) in [5.41, 5.74) is 3.79. The van der Waals surface area contributed by atoms with E-state index in [1.807, 2.05) is 11.8 Å². The number of rotatable bonds is 5. The molecular formula is C20H27N5O2. The molecule has 2 heterocycles. The minimum absolute atomic E-state index is 0.0149. The molecule has 1 N–H and O–H groups in total. The van der Waals surface area contributed by atoms with E-state index in [1.54, 1.807) is 13.1 Å². The van der Waals surface area contributed by atoms with E-state index in [2.05, 4.69) is 46.5 Å². The molecule has 7 heteroatoms. The molecule has 1 aromatic carbocycles. The van der Waals surface area contributed by atoms with E-state index >= 15 is 0 Å². The van der Waals surface area contributed by atoms with Crippen molar-refractivity contribution in [3.8, 4) is 0 Å². The molecule has 0 aliphatic carbocycles. The van der Waals surface area contributed by atoms with Gasteiger partial charge in [0.05, 0.1) is 12.2 Å². The molecule has 3 rings (SSSR count). The Bertz CT molecular complexity index is 804. The second-order valence-corrected chi connectivity index (χ2v) is 7.12. The fourth-order valence-electron chi connectivity index (χ4n) is 3.29. The van der Waals surface area contributed by atoms with E-state index in [1.165, 1.54) is 15.8 Å². The number of aryl methyl sites for hydroxylation is 3. The summed E-state index contributed by atoms with van der Waals surface area (Å²) in [6.07, 6.45) is 0. The predicted molar refractivity (Wildman–Crippen MR) is 103 cm³/mol. The minimum Gasteiger partial charge on any atom is -0.342 e. The standard InChI is InChI=1S/C20H27N5O2/c1-15-4-6-17(7-5-15)14-24-8-10-25(11-9-24)19(26)13-21-20(27)18-12-16(2)22-23(18)3/h4-7,12H,8-11,13-14H2,1-3H3,(H,21,27). The van der Waals surface area contributed by atoms with Crippen LogP contribution in [0.3, 0.4) is 0 Å². The van der Waals surface area contributed by atoms with Gasteiger partial charge in [0.1, 0.15) is 5.69 Å². The molecule has 0 bridgehead atoms. The maximum absolute atomic E-state index is 12.4. The van der Waals surface area contributed by atoms with E-state index in [9.17, 15) is 9.59 Å². The van der Waals surface area contributed by atoms with Crippen molar-refractivity contribution >= 4 is 11.8 Å². The zero-order valence-electron chi connectivity index (χ0n) is 16.2. The van der Waals surface area contributed by atoms with E-state index in [-0.39, 0.29) is 18.4 Å². The molecule has 7 nitrogen and oxygen atoms in total. The Kier molecular flexibility index (Phi) is 5.91. The number of piperazine rings is 1. The smallest absolute Gasteiger partial charge is 0.269 e. The lowest BCUT2D eigenvalue weighted by Crippen LogP contribution is -2.50. The molecule has 1 saturated heterocycles. The Morgan fingerprint density at radius 2 is 1.74 bits per heavy atom. The Labute approximate surface area is 159 Å². The average Bonchev–Trinajstić information content (AvgIpc) is 3.00. The molecule has 27 heavy (non-hydrogen) atoms. The number of benzene rings is 1. The number of hydrogen-bond acceptors (Lipinski definition) is 4. The predicted octanol–water partition coefficient (Wildman–Crippen LogP) is 1.11. The van der Waals surface area contributed by atoms with Crippen LogP contribution < -0.4 is 5.32 Å². The van der Waals surface area contributed by atoms with E-state index in [0.717, 1.165) is 25.3 Å². The van der Waals surface area contributed by atoms with Crippen molar-refractivity contribution in [3.05, 3.63) is 52.8 Å². The number of aromatic nitrogens is 2. The molecule has 0 spiro atoms. The van der Waals surface area contributed by atoms with Gasteiger partial charge < -0.3 is 10.2 Å². The van der Waals surface area contributed by atoms with Gasteiger partial charge in [0.15, 0.2) is 0 Å². The fraction of sp³-hybridized carbons (Fsp3) is 0.450. The lowest BCUT2D eigenvalue weighted by Gasteiger charge is -2.34. The highest BCUT2D eigenvalue weighted by molar-refractivity contribution is 5.95. The molecular weight excluding hydrogens is 342 g/mol. The van der Waals surface area contributed by atoms with Crippen LogP contribution in [0.4, 0.5) is 0 Å². The molecule has 2 aromatic rings. The third kappa shape index (κ3) is 4.95. The van der Waals surface area contributed by atoms with E-state index in [0.29, 0.717) is 18.8 Å². The molecule has 0 radical (unpaired) electrons. The van der Waals surface area contributed by atoms with Crippen LogP contribution in [0.5, 0.6) is 0 Å². The first-order chi connectivity index (χ1) is 12.9. The Hall–Kier alpha value is -2.67. The largest absolute Gasteiger partial charge is 0.342 e. The van der Waals surface area contributed by atoms with Crippen LogP contribution in [0.2, 0.25) is 0 Å². The van der Waals surface area contributed by atoms with Gasteiger partial charge in [0.2, 0.25) is 5.91 Å². The topological polar surface area (TPSA) is 70.5 Å². The third-order valence-corrected chi connectivity index (χ3v) is 4.89. The number of carbonyl (C=O) groups excluding carboxylic acids is 2. The summed E-state index contributed by atoms with van der Waals surface area (Å²) in [5, 5.41) is 6.85. The van der Waals surface area contributed by atoms with Gasteiger partial charge in [-0.1, -0.05) is 29.8 Å². The molecule has 0 unspecified atom stereocenters. The number of hydrogen-bond donors (Lipinski definition) is 1. The third-order valence-electron chi connectivity index (χ3n) is 4.89. The highest BCUT2D eigenvalue weighted by atomic mass is 16.2. The fourth-order valence-corrected chi connectivity index (χ4v) is 3.29. The molecule has 1 aromatic heterocycles. The number of carbonyl (C=O) groups is 2. The normalized spacial score (nSPS) is 15.0. The van der Waals surface area contributed by atoms with Crippen LogP contribution >= 0.6 is 0 Å². The van der Waals surface area contributed by atoms with Crippen molar-refractivity contribution in [1.82, 2.24) is 24.9 Å². The molecule has 0 saturated carbocycles. The monoisotopic (exact) mass is 369 g/mol. The second kappa shape index (κ2) is 8.35. The summed E-state index contributed by atoms with van der Waals surface area (Å²) in [6.45, 7) is 7.89. The highest BCUT2D eigenvalue weighted by Crippen LogP contribution is 2.10. The van der Waals surface area contributed by atoms with Crippen molar-refractivity contribution in [2.75, 3.05) is 32.7 Å². The van der Waals surface area contributed by atoms with Gasteiger partial charge in [-0.05, 0) is 25.5 Å². The van der Waals surface area contributed by atoms with Crippen molar-refractivity contribution < 1.29 is 9.59 Å². The summed E-state index contributed by atoms with van der Waals surface area (Å²) in [6, 6.07) is 10.3. The Morgan fingerprint density at radius 3 is 2.33 bits per heavy atom. The maximum Gasteiger partial charge on any atom is 0.269 e. The summed E-state index contributed by atoms with van der Waals surface area (Å²) in [4.78, 5) is 28.8. The quantitative estimate of drug-likeness (QED) is 0.857. The van der Waals surface area contributed by atoms with Gasteiger partial charge in [-0.3, -0.25) is 19.2 Å². The van der Waals surface area contributed by atoms with Crippen molar-refractivity contribution in [2.45, 2.75) is 20.4 Å². The van der Waals surface area contributed by atoms with Gasteiger partial charge in [0.25, 0.3) is 5.91 Å². The van der Waals surface area contributed by atoms with Crippen LogP contribution in [0.15, 0.2) is 30.3 Å². The molecule has 0 atom stereocenters. The molecule has 1 fully saturated rings. The minimum atomic E-state index is -0.274.